The van der Waals surface area contributed by atoms with Crippen molar-refractivity contribution in [2.75, 3.05) is 0 Å². The molecule has 0 aliphatic rings. The zero-order valence-electron chi connectivity index (χ0n) is 2.47. The van der Waals surface area contributed by atoms with E-state index in [1.807, 2.05) is 0 Å². The number of halogens is 1. The van der Waals surface area contributed by atoms with E-state index in [9.17, 15) is 0 Å². The fourth-order valence-corrected chi connectivity index (χ4v) is 0.0486. The fraction of sp³-hybridized carbons (Fsp3) is 0. The molecule has 0 saturated heterocycles. The molecule has 0 heterocycles. The van der Waals surface area contributed by atoms with Crippen molar-refractivity contribution in [3.8, 4) is 0 Å². The molecular weight excluding hydrogens is 151 g/mol. The van der Waals surface area contributed by atoms with Gasteiger partial charge in [-0.05, 0) is 0 Å². The average molecular weight is 152 g/mol. The number of nitroso groups, excluding NO2 is 2. The van der Waals surface area contributed by atoms with Crippen molar-refractivity contribution in [2.45, 2.75) is 0 Å². The van der Waals surface area contributed by atoms with E-state index in [4.69, 9.17) is 9.81 Å². The molecule has 0 rings (SSSR count). The molecule has 0 N–H and O–H groups in total. The van der Waals surface area contributed by atoms with Gasteiger partial charge in [-0.15, -0.1) is 12.4 Å². The summed E-state index contributed by atoms with van der Waals surface area (Å²) < 4.78 is 4.25. The molecule has 6 heavy (non-hydrogen) atoms. The van der Waals surface area contributed by atoms with Crippen molar-refractivity contribution < 1.29 is 15.4 Å². The van der Waals surface area contributed by atoms with Gasteiger partial charge in [-0.1, -0.05) is 0 Å². The van der Waals surface area contributed by atoms with Gasteiger partial charge in [-0.25, -0.2) is 0 Å². The van der Waals surface area contributed by atoms with E-state index in [2.05, 4.69) is 8.39 Å². The molecule has 6 heteroatoms. The molecule has 0 aromatic rings. The molecular formula is HClFeN2O2. The van der Waals surface area contributed by atoms with E-state index in [-0.39, 0.29) is 12.4 Å². The summed E-state index contributed by atoms with van der Waals surface area (Å²) in [6.07, 6.45) is 0. The number of nitrogens with zero attached hydrogens (tertiary/aromatic N) is 2. The van der Waals surface area contributed by atoms with Crippen LogP contribution in [0, 0.1) is 9.81 Å². The van der Waals surface area contributed by atoms with E-state index in [0.29, 0.717) is 0 Å². The molecule has 0 spiro atoms. The van der Waals surface area contributed by atoms with Crippen LogP contribution in [0.25, 0.3) is 0 Å². The predicted octanol–water partition coefficient (Wildman–Crippen LogP) is 0.854. The van der Waals surface area contributed by atoms with Gasteiger partial charge in [0.05, 0.1) is 0 Å². The maximum absolute atomic E-state index is 8.86. The van der Waals surface area contributed by atoms with Gasteiger partial charge in [-0.3, -0.25) is 0 Å². The third-order valence-corrected chi connectivity index (χ3v) is 0.238. The second-order valence-corrected chi connectivity index (χ2v) is 0.824. The van der Waals surface area contributed by atoms with E-state index >= 15 is 0 Å². The minimum absolute atomic E-state index is 0. The molecule has 38 valence electrons. The molecule has 0 radical (unpaired) electrons. The summed E-state index contributed by atoms with van der Waals surface area (Å²) in [6.45, 7) is 0. The van der Waals surface area contributed by atoms with Crippen molar-refractivity contribution in [3.63, 3.8) is 0 Å². The third kappa shape index (κ3) is 8.99. The van der Waals surface area contributed by atoms with E-state index in [0.717, 1.165) is 0 Å². The molecule has 0 aliphatic carbocycles. The molecule has 0 aliphatic heterocycles. The number of rotatable bonds is 2. The molecule has 0 fully saturated rings. The van der Waals surface area contributed by atoms with Gasteiger partial charge >= 0.3 is 33.6 Å². The molecule has 0 unspecified atom stereocenters. The van der Waals surface area contributed by atoms with Crippen molar-refractivity contribution in [1.82, 2.24) is 0 Å². The Morgan fingerprint density at radius 3 is 1.50 bits per heavy atom. The summed E-state index contributed by atoms with van der Waals surface area (Å²) in [5.41, 5.74) is 0. The summed E-state index contributed by atoms with van der Waals surface area (Å²) in [5.74, 6) is 0. The summed E-state index contributed by atoms with van der Waals surface area (Å²) in [7, 11) is 0. The van der Waals surface area contributed by atoms with Crippen LogP contribution in [0.2, 0.25) is 0 Å². The van der Waals surface area contributed by atoms with Crippen molar-refractivity contribution in [3.05, 3.63) is 9.81 Å². The van der Waals surface area contributed by atoms with Gasteiger partial charge in [0.15, 0.2) is 0 Å². The normalized spacial score (nSPS) is 6.00. The monoisotopic (exact) mass is 152 g/mol. The topological polar surface area (TPSA) is 58.9 Å². The Balaban J connectivity index is 0. The van der Waals surface area contributed by atoms with E-state index in [1.165, 1.54) is 0 Å². The zero-order valence-corrected chi connectivity index (χ0v) is 4.39. The van der Waals surface area contributed by atoms with Crippen LogP contribution in [0.5, 0.6) is 0 Å². The Kier molecular flexibility index (Phi) is 13.9. The van der Waals surface area contributed by atoms with Gasteiger partial charge in [-0.2, -0.15) is 0 Å². The van der Waals surface area contributed by atoms with Crippen molar-refractivity contribution in [2.24, 2.45) is 8.39 Å². The quantitative estimate of drug-likeness (QED) is 0.435. The van der Waals surface area contributed by atoms with Crippen LogP contribution < -0.4 is 0 Å². The molecule has 0 aromatic carbocycles. The third-order valence-electron chi connectivity index (χ3n) is 0.0577. The maximum atomic E-state index is 8.86. The second-order valence-electron chi connectivity index (χ2n) is 0.200. The summed E-state index contributed by atoms with van der Waals surface area (Å²) >= 11 is -0.472. The Labute approximate surface area is 46.6 Å². The Bertz CT molecular complexity index is 40.8. The van der Waals surface area contributed by atoms with Crippen molar-refractivity contribution >= 4 is 12.4 Å². The zero-order chi connectivity index (χ0) is 4.12. The van der Waals surface area contributed by atoms with Crippen molar-refractivity contribution in [1.29, 1.82) is 0 Å². The Morgan fingerprint density at radius 2 is 1.50 bits per heavy atom. The van der Waals surface area contributed by atoms with Crippen LogP contribution >= 0.6 is 12.4 Å². The van der Waals surface area contributed by atoms with Gasteiger partial charge in [0.25, 0.3) is 0 Å². The molecule has 0 aromatic heterocycles. The predicted molar refractivity (Wildman–Crippen MR) is 18.8 cm³/mol. The first-order chi connectivity index (χ1) is 2.41. The first-order valence-electron chi connectivity index (χ1n) is 0.681. The van der Waals surface area contributed by atoms with Crippen LogP contribution in [0.4, 0.5) is 0 Å². The summed E-state index contributed by atoms with van der Waals surface area (Å²) in [5, 5.41) is 0. The standard InChI is InChI=1S/ClH.Fe.2NO/c;;2*1-2/h1H;;;/q;+2;2*-1. The Hall–Kier alpha value is 0.00948. The first-order valence-corrected chi connectivity index (χ1v) is 1.67. The molecule has 0 bridgehead atoms. The summed E-state index contributed by atoms with van der Waals surface area (Å²) in [4.78, 5) is 17.7. The van der Waals surface area contributed by atoms with Gasteiger partial charge in [0, 0.05) is 0 Å². The SMILES string of the molecule is Cl.O=[N][Fe][N]=O. The fourth-order valence-electron chi connectivity index (χ4n) is 0.0118. The van der Waals surface area contributed by atoms with E-state index in [1.54, 1.807) is 0 Å². The summed E-state index contributed by atoms with van der Waals surface area (Å²) in [6, 6.07) is 0. The molecule has 0 atom stereocenters. The first kappa shape index (κ1) is 9.38. The number of hydrogen-bond acceptors (Lipinski definition) is 4. The van der Waals surface area contributed by atoms with Crippen LogP contribution in [0.3, 0.4) is 0 Å². The van der Waals surface area contributed by atoms with Crippen LogP contribution in [-0.4, -0.2) is 0 Å². The second kappa shape index (κ2) is 8.89. The van der Waals surface area contributed by atoms with Crippen LogP contribution in [-0.2, 0) is 15.4 Å². The van der Waals surface area contributed by atoms with E-state index < -0.39 is 15.4 Å². The average Bonchev–Trinajstić information content (AvgIpc) is 1.41. The van der Waals surface area contributed by atoms with Gasteiger partial charge in [0.1, 0.15) is 0 Å². The van der Waals surface area contributed by atoms with Gasteiger partial charge < -0.3 is 0 Å². The van der Waals surface area contributed by atoms with Crippen LogP contribution in [0.1, 0.15) is 0 Å². The number of hydrogen-bond donors (Lipinski definition) is 0. The van der Waals surface area contributed by atoms with Crippen LogP contribution in [0.15, 0.2) is 8.39 Å². The molecule has 4 nitrogen and oxygen atoms in total. The Morgan fingerprint density at radius 1 is 1.17 bits per heavy atom. The molecule has 0 saturated carbocycles. The van der Waals surface area contributed by atoms with Gasteiger partial charge in [0.2, 0.25) is 0 Å². The molecule has 0 amide bonds. The minimum atomic E-state index is -0.472.